The summed E-state index contributed by atoms with van der Waals surface area (Å²) < 4.78 is 2.38. The van der Waals surface area contributed by atoms with Crippen molar-refractivity contribution in [1.29, 1.82) is 0 Å². The number of hydrogen-bond acceptors (Lipinski definition) is 2. The van der Waals surface area contributed by atoms with Crippen LogP contribution < -0.4 is 10.2 Å². The van der Waals surface area contributed by atoms with E-state index < -0.39 is 0 Å². The lowest BCUT2D eigenvalue weighted by molar-refractivity contribution is 0.565. The van der Waals surface area contributed by atoms with Crippen LogP contribution in [0.25, 0.3) is 5.69 Å². The van der Waals surface area contributed by atoms with Crippen LogP contribution in [0.2, 0.25) is 0 Å². The first-order valence-corrected chi connectivity index (χ1v) is 12.5. The highest BCUT2D eigenvalue weighted by molar-refractivity contribution is 7.80. The standard InChI is InChI=1S/C30H32N4S/c1-18-13-14-24(16-20(18)3)34-29(28(32-30(34)35)26-11-7-8-15-31-26)25-17-21(4)33(23(25)6)27-12-9-10-19(2)22(27)5/h7-17,28-29H,1-6H3,(H,32,35)/t28-,29+/m1/s1. The van der Waals surface area contributed by atoms with Crippen molar-refractivity contribution >= 4 is 23.0 Å². The van der Waals surface area contributed by atoms with Crippen LogP contribution in [0.15, 0.2) is 66.9 Å². The second kappa shape index (κ2) is 8.97. The van der Waals surface area contributed by atoms with Crippen LogP contribution in [0.3, 0.4) is 0 Å². The molecule has 178 valence electrons. The van der Waals surface area contributed by atoms with Crippen molar-refractivity contribution < 1.29 is 0 Å². The summed E-state index contributed by atoms with van der Waals surface area (Å²) in [5.41, 5.74) is 12.1. The lowest BCUT2D eigenvalue weighted by Gasteiger charge is -2.29. The number of anilines is 1. The SMILES string of the molecule is Cc1ccc(N2C(=S)N[C@H](c3ccccn3)[C@@H]2c2cc(C)n(-c3cccc(C)c3C)c2C)cc1C. The van der Waals surface area contributed by atoms with Gasteiger partial charge in [-0.15, -0.1) is 0 Å². The molecule has 5 rings (SSSR count). The van der Waals surface area contributed by atoms with Gasteiger partial charge < -0.3 is 14.8 Å². The molecule has 1 aliphatic heterocycles. The third kappa shape index (κ3) is 3.94. The molecule has 1 fully saturated rings. The molecule has 0 unspecified atom stereocenters. The summed E-state index contributed by atoms with van der Waals surface area (Å²) in [6.07, 6.45) is 1.86. The third-order valence-electron chi connectivity index (χ3n) is 7.47. The molecule has 2 aromatic heterocycles. The van der Waals surface area contributed by atoms with Crippen molar-refractivity contribution in [1.82, 2.24) is 14.9 Å². The molecule has 4 aromatic rings. The van der Waals surface area contributed by atoms with Gasteiger partial charge in [0.05, 0.1) is 17.8 Å². The summed E-state index contributed by atoms with van der Waals surface area (Å²) in [4.78, 5) is 6.99. The van der Waals surface area contributed by atoms with Crippen LogP contribution in [-0.2, 0) is 0 Å². The molecule has 1 aliphatic rings. The molecule has 2 atom stereocenters. The fraction of sp³-hybridized carbons (Fsp3) is 0.267. The Hall–Kier alpha value is -3.44. The largest absolute Gasteiger partial charge is 0.351 e. The highest BCUT2D eigenvalue weighted by Gasteiger charge is 2.42. The van der Waals surface area contributed by atoms with Gasteiger partial charge in [0, 0.05) is 29.0 Å². The summed E-state index contributed by atoms with van der Waals surface area (Å²) in [5, 5.41) is 4.33. The van der Waals surface area contributed by atoms with Gasteiger partial charge in [0.1, 0.15) is 0 Å². The van der Waals surface area contributed by atoms with Crippen molar-refractivity contribution in [3.8, 4) is 5.69 Å². The Morgan fingerprint density at radius 2 is 1.63 bits per heavy atom. The Bertz CT molecular complexity index is 1420. The van der Waals surface area contributed by atoms with Crippen LogP contribution in [-0.4, -0.2) is 14.7 Å². The van der Waals surface area contributed by atoms with Gasteiger partial charge >= 0.3 is 0 Å². The van der Waals surface area contributed by atoms with E-state index in [0.29, 0.717) is 0 Å². The molecule has 1 N–H and O–H groups in total. The number of benzene rings is 2. The smallest absolute Gasteiger partial charge is 0.174 e. The molecule has 35 heavy (non-hydrogen) atoms. The van der Waals surface area contributed by atoms with E-state index in [4.69, 9.17) is 17.2 Å². The van der Waals surface area contributed by atoms with E-state index in [1.807, 2.05) is 18.3 Å². The summed E-state index contributed by atoms with van der Waals surface area (Å²) >= 11 is 5.95. The molecule has 0 aliphatic carbocycles. The third-order valence-corrected chi connectivity index (χ3v) is 7.79. The van der Waals surface area contributed by atoms with Gasteiger partial charge in [-0.3, -0.25) is 4.98 Å². The number of thiocarbonyl (C=S) groups is 1. The van der Waals surface area contributed by atoms with Crippen molar-refractivity contribution in [2.24, 2.45) is 0 Å². The number of hydrogen-bond donors (Lipinski definition) is 1. The molecule has 0 amide bonds. The fourth-order valence-corrected chi connectivity index (χ4v) is 5.61. The Kier molecular flexibility index (Phi) is 5.97. The zero-order valence-electron chi connectivity index (χ0n) is 21.3. The highest BCUT2D eigenvalue weighted by atomic mass is 32.1. The molecular formula is C30H32N4S. The quantitative estimate of drug-likeness (QED) is 0.322. The minimum atomic E-state index is -0.0575. The predicted molar refractivity (Wildman–Crippen MR) is 149 cm³/mol. The summed E-state index contributed by atoms with van der Waals surface area (Å²) in [5.74, 6) is 0. The van der Waals surface area contributed by atoms with E-state index >= 15 is 0 Å². The van der Waals surface area contributed by atoms with Crippen molar-refractivity contribution in [2.75, 3.05) is 4.90 Å². The average Bonchev–Trinajstić information content (AvgIpc) is 3.33. The molecule has 2 aromatic carbocycles. The first-order valence-electron chi connectivity index (χ1n) is 12.1. The molecule has 0 saturated carbocycles. The molecule has 3 heterocycles. The van der Waals surface area contributed by atoms with Gasteiger partial charge in [-0.25, -0.2) is 0 Å². The fourth-order valence-electron chi connectivity index (χ4n) is 5.26. The predicted octanol–water partition coefficient (Wildman–Crippen LogP) is 6.90. The Balaban J connectivity index is 1.71. The van der Waals surface area contributed by atoms with Crippen LogP contribution in [0.5, 0.6) is 0 Å². The molecular weight excluding hydrogens is 448 g/mol. The number of nitrogens with zero attached hydrogens (tertiary/aromatic N) is 3. The maximum Gasteiger partial charge on any atom is 0.174 e. The van der Waals surface area contributed by atoms with E-state index in [2.05, 4.69) is 105 Å². The van der Waals surface area contributed by atoms with Crippen molar-refractivity contribution in [2.45, 2.75) is 53.6 Å². The molecule has 0 spiro atoms. The first-order chi connectivity index (χ1) is 16.8. The van der Waals surface area contributed by atoms with E-state index in [-0.39, 0.29) is 12.1 Å². The lowest BCUT2D eigenvalue weighted by Crippen LogP contribution is -2.29. The summed E-state index contributed by atoms with van der Waals surface area (Å²) in [6.45, 7) is 13.1. The van der Waals surface area contributed by atoms with E-state index in [1.54, 1.807) is 0 Å². The second-order valence-corrected chi connectivity index (χ2v) is 10.0. The topological polar surface area (TPSA) is 33.1 Å². The Morgan fingerprint density at radius 3 is 2.34 bits per heavy atom. The molecule has 5 heteroatoms. The van der Waals surface area contributed by atoms with Gasteiger partial charge in [-0.2, -0.15) is 0 Å². The van der Waals surface area contributed by atoms with E-state index in [9.17, 15) is 0 Å². The van der Waals surface area contributed by atoms with E-state index in [1.165, 1.54) is 44.9 Å². The molecule has 1 saturated heterocycles. The molecule has 0 bridgehead atoms. The Labute approximate surface area is 213 Å². The number of aryl methyl sites for hydroxylation is 4. The maximum atomic E-state index is 5.95. The van der Waals surface area contributed by atoms with Gasteiger partial charge in [-0.05, 0) is 118 Å². The second-order valence-electron chi connectivity index (χ2n) is 9.65. The average molecular weight is 481 g/mol. The van der Waals surface area contributed by atoms with Crippen LogP contribution in [0, 0.1) is 41.5 Å². The highest BCUT2D eigenvalue weighted by Crippen LogP contribution is 2.44. The van der Waals surface area contributed by atoms with Gasteiger partial charge in [-0.1, -0.05) is 24.3 Å². The number of rotatable bonds is 4. The lowest BCUT2D eigenvalue weighted by atomic mass is 9.96. The van der Waals surface area contributed by atoms with Crippen LogP contribution in [0.4, 0.5) is 5.69 Å². The monoisotopic (exact) mass is 480 g/mol. The minimum Gasteiger partial charge on any atom is -0.351 e. The van der Waals surface area contributed by atoms with Gasteiger partial charge in [0.2, 0.25) is 0 Å². The number of nitrogens with one attached hydrogen (secondary N) is 1. The zero-order valence-corrected chi connectivity index (χ0v) is 22.1. The van der Waals surface area contributed by atoms with E-state index in [0.717, 1.165) is 16.5 Å². The number of aromatic nitrogens is 2. The molecule has 4 nitrogen and oxygen atoms in total. The zero-order chi connectivity index (χ0) is 24.9. The van der Waals surface area contributed by atoms with Gasteiger partial charge in [0.15, 0.2) is 5.11 Å². The molecule has 0 radical (unpaired) electrons. The van der Waals surface area contributed by atoms with Crippen molar-refractivity contribution in [3.63, 3.8) is 0 Å². The van der Waals surface area contributed by atoms with Crippen LogP contribution >= 0.6 is 12.2 Å². The van der Waals surface area contributed by atoms with Gasteiger partial charge in [0.25, 0.3) is 0 Å². The summed E-state index contributed by atoms with van der Waals surface area (Å²) in [7, 11) is 0. The number of pyridine rings is 1. The first kappa shape index (κ1) is 23.3. The normalized spacial score (nSPS) is 17.7. The minimum absolute atomic E-state index is 0.0235. The summed E-state index contributed by atoms with van der Waals surface area (Å²) in [6, 6.07) is 21.4. The van der Waals surface area contributed by atoms with Crippen molar-refractivity contribution in [3.05, 3.63) is 112 Å². The van der Waals surface area contributed by atoms with Crippen LogP contribution in [0.1, 0.15) is 57.0 Å². The Morgan fingerprint density at radius 1 is 0.829 bits per heavy atom. The maximum absolute atomic E-state index is 5.95.